The average Bonchev–Trinajstić information content (AvgIpc) is 2.80. The zero-order valence-corrected chi connectivity index (χ0v) is 19.7. The quantitative estimate of drug-likeness (QED) is 0.524. The summed E-state index contributed by atoms with van der Waals surface area (Å²) in [6, 6.07) is 11.8. The van der Waals surface area contributed by atoms with Gasteiger partial charge in [-0.3, -0.25) is 9.69 Å². The van der Waals surface area contributed by atoms with Crippen molar-refractivity contribution < 1.29 is 14.3 Å². The molecule has 1 aliphatic carbocycles. The van der Waals surface area contributed by atoms with E-state index in [1.54, 1.807) is 0 Å². The van der Waals surface area contributed by atoms with Crippen molar-refractivity contribution >= 4 is 22.4 Å². The second kappa shape index (κ2) is 9.61. The van der Waals surface area contributed by atoms with Crippen molar-refractivity contribution in [2.45, 2.75) is 96.1 Å². The van der Waals surface area contributed by atoms with Crippen LogP contribution in [0.2, 0.25) is 0 Å². The predicted octanol–water partition coefficient (Wildman–Crippen LogP) is 6.52. The van der Waals surface area contributed by atoms with E-state index >= 15 is 0 Å². The molecule has 0 aromatic heterocycles. The smallest absolute Gasteiger partial charge is 0.306 e. The van der Waals surface area contributed by atoms with E-state index in [1.165, 1.54) is 24.8 Å². The molecule has 178 valence electrons. The molecule has 2 aromatic carbocycles. The van der Waals surface area contributed by atoms with Gasteiger partial charge in [-0.05, 0) is 85.8 Å². The SMILES string of the molecule is C[C@H]1CC[C@@H](Nc2ccc3cc(CN4C5CCCC4CC(C(=O)O)C5)ccc3c2CF)CC1. The zero-order valence-electron chi connectivity index (χ0n) is 19.7. The lowest BCUT2D eigenvalue weighted by Gasteiger charge is -2.48. The van der Waals surface area contributed by atoms with E-state index in [9.17, 15) is 14.3 Å². The predicted molar refractivity (Wildman–Crippen MR) is 131 cm³/mol. The molecule has 2 unspecified atom stereocenters. The van der Waals surface area contributed by atoms with Crippen molar-refractivity contribution in [3.05, 3.63) is 41.5 Å². The number of piperidine rings is 2. The molecule has 33 heavy (non-hydrogen) atoms. The van der Waals surface area contributed by atoms with Crippen molar-refractivity contribution in [3.63, 3.8) is 0 Å². The lowest BCUT2D eigenvalue weighted by Crippen LogP contribution is -2.52. The van der Waals surface area contributed by atoms with Crippen molar-refractivity contribution in [3.8, 4) is 0 Å². The van der Waals surface area contributed by atoms with Gasteiger partial charge in [-0.25, -0.2) is 4.39 Å². The second-order valence-electron chi connectivity index (χ2n) is 10.8. The molecule has 2 saturated heterocycles. The van der Waals surface area contributed by atoms with Crippen molar-refractivity contribution in [2.24, 2.45) is 11.8 Å². The lowest BCUT2D eigenvalue weighted by atomic mass is 9.78. The molecule has 5 heteroatoms. The van der Waals surface area contributed by atoms with Crippen LogP contribution in [-0.4, -0.2) is 34.1 Å². The first kappa shape index (κ1) is 22.6. The number of halogens is 1. The van der Waals surface area contributed by atoms with Gasteiger partial charge in [0.1, 0.15) is 6.67 Å². The molecule has 0 amide bonds. The Morgan fingerprint density at radius 2 is 1.79 bits per heavy atom. The normalized spacial score (nSPS) is 30.3. The Balaban J connectivity index is 1.34. The van der Waals surface area contributed by atoms with Gasteiger partial charge in [0.2, 0.25) is 0 Å². The summed E-state index contributed by atoms with van der Waals surface area (Å²) in [5, 5.41) is 15.2. The Labute approximate surface area is 196 Å². The Kier molecular flexibility index (Phi) is 6.60. The number of rotatable bonds is 6. The lowest BCUT2D eigenvalue weighted by molar-refractivity contribution is -0.146. The van der Waals surface area contributed by atoms with Gasteiger partial charge in [0.05, 0.1) is 5.92 Å². The molecule has 5 rings (SSSR count). The maximum Gasteiger partial charge on any atom is 0.306 e. The van der Waals surface area contributed by atoms with E-state index in [0.29, 0.717) is 18.1 Å². The van der Waals surface area contributed by atoms with Gasteiger partial charge >= 0.3 is 5.97 Å². The van der Waals surface area contributed by atoms with Crippen molar-refractivity contribution in [1.29, 1.82) is 0 Å². The molecule has 0 radical (unpaired) electrons. The molecule has 2 aliphatic heterocycles. The number of aliphatic carboxylic acids is 1. The van der Waals surface area contributed by atoms with Crippen LogP contribution in [0.1, 0.15) is 75.8 Å². The van der Waals surface area contributed by atoms with Crippen LogP contribution in [0.3, 0.4) is 0 Å². The minimum atomic E-state index is -0.636. The number of carboxylic acids is 1. The van der Waals surface area contributed by atoms with Gasteiger partial charge in [0.25, 0.3) is 0 Å². The minimum Gasteiger partial charge on any atom is -0.481 e. The molecule has 2 bridgehead atoms. The van der Waals surface area contributed by atoms with Crippen LogP contribution in [0.5, 0.6) is 0 Å². The highest BCUT2D eigenvalue weighted by atomic mass is 19.1. The maximum atomic E-state index is 14.2. The third-order valence-electron chi connectivity index (χ3n) is 8.55. The Hall–Kier alpha value is -2.14. The first-order valence-electron chi connectivity index (χ1n) is 12.9. The molecule has 2 heterocycles. The largest absolute Gasteiger partial charge is 0.481 e. The number of anilines is 1. The molecular formula is C28H37FN2O2. The highest BCUT2D eigenvalue weighted by Crippen LogP contribution is 2.39. The fraction of sp³-hybridized carbons (Fsp3) is 0.607. The van der Waals surface area contributed by atoms with Gasteiger partial charge in [-0.1, -0.05) is 31.5 Å². The molecule has 4 nitrogen and oxygen atoms in total. The van der Waals surface area contributed by atoms with Crippen LogP contribution in [-0.2, 0) is 18.0 Å². The van der Waals surface area contributed by atoms with Gasteiger partial charge in [-0.15, -0.1) is 0 Å². The van der Waals surface area contributed by atoms with E-state index in [4.69, 9.17) is 0 Å². The molecular weight excluding hydrogens is 415 g/mol. The van der Waals surface area contributed by atoms with Gasteiger partial charge in [0, 0.05) is 35.9 Å². The topological polar surface area (TPSA) is 52.6 Å². The number of nitrogens with zero attached hydrogens (tertiary/aromatic N) is 1. The van der Waals surface area contributed by atoms with Crippen LogP contribution in [0.4, 0.5) is 10.1 Å². The Bertz CT molecular complexity index is 987. The number of fused-ring (bicyclic) bond motifs is 3. The van der Waals surface area contributed by atoms with E-state index in [2.05, 4.69) is 47.5 Å². The Morgan fingerprint density at radius 3 is 2.45 bits per heavy atom. The van der Waals surface area contributed by atoms with E-state index in [1.807, 2.05) is 0 Å². The summed E-state index contributed by atoms with van der Waals surface area (Å²) >= 11 is 0. The standard InChI is InChI=1S/C28H37FN2O2/c1-18-5-9-22(10-6-18)30-27-12-8-20-13-19(7-11-25(20)26(27)16-29)17-31-23-3-2-4-24(31)15-21(14-23)28(32)33/h7-8,11-13,18,21-24,30H,2-6,9-10,14-17H2,1H3,(H,32,33)/t18-,21?,22+,23?,24?. The number of hydrogen-bond acceptors (Lipinski definition) is 3. The second-order valence-corrected chi connectivity index (χ2v) is 10.8. The summed E-state index contributed by atoms with van der Waals surface area (Å²) in [4.78, 5) is 14.1. The number of hydrogen-bond donors (Lipinski definition) is 2. The highest BCUT2D eigenvalue weighted by molar-refractivity contribution is 5.90. The Morgan fingerprint density at radius 1 is 1.06 bits per heavy atom. The summed E-state index contributed by atoms with van der Waals surface area (Å²) in [5.74, 6) is -0.0325. The van der Waals surface area contributed by atoms with E-state index in [-0.39, 0.29) is 5.92 Å². The van der Waals surface area contributed by atoms with Crippen LogP contribution >= 0.6 is 0 Å². The minimum absolute atomic E-state index is 0.196. The molecule has 3 fully saturated rings. The van der Waals surface area contributed by atoms with Gasteiger partial charge in [-0.2, -0.15) is 0 Å². The molecule has 3 aliphatic rings. The van der Waals surface area contributed by atoms with E-state index < -0.39 is 12.6 Å². The number of carbonyl (C=O) groups is 1. The highest BCUT2D eigenvalue weighted by Gasteiger charge is 2.40. The van der Waals surface area contributed by atoms with Crippen LogP contribution in [0.25, 0.3) is 10.8 Å². The van der Waals surface area contributed by atoms with Crippen LogP contribution < -0.4 is 5.32 Å². The third kappa shape index (κ3) is 4.75. The zero-order chi connectivity index (χ0) is 22.9. The third-order valence-corrected chi connectivity index (χ3v) is 8.55. The molecule has 2 aromatic rings. The molecule has 2 atom stereocenters. The van der Waals surface area contributed by atoms with Crippen molar-refractivity contribution in [2.75, 3.05) is 5.32 Å². The van der Waals surface area contributed by atoms with Gasteiger partial charge in [0.15, 0.2) is 0 Å². The van der Waals surface area contributed by atoms with Crippen molar-refractivity contribution in [1.82, 2.24) is 4.90 Å². The van der Waals surface area contributed by atoms with Crippen LogP contribution in [0.15, 0.2) is 30.3 Å². The van der Waals surface area contributed by atoms with Crippen LogP contribution in [0, 0.1) is 11.8 Å². The van der Waals surface area contributed by atoms with E-state index in [0.717, 1.165) is 73.0 Å². The summed E-state index contributed by atoms with van der Waals surface area (Å²) in [5.41, 5.74) is 2.96. The number of nitrogens with one attached hydrogen (secondary N) is 1. The number of benzene rings is 2. The maximum absolute atomic E-state index is 14.2. The molecule has 0 spiro atoms. The monoisotopic (exact) mass is 452 g/mol. The fourth-order valence-corrected chi connectivity index (χ4v) is 6.59. The first-order chi connectivity index (χ1) is 16.0. The van der Waals surface area contributed by atoms with Gasteiger partial charge < -0.3 is 10.4 Å². The first-order valence-corrected chi connectivity index (χ1v) is 12.9. The molecule has 2 N–H and O–H groups in total. The summed E-state index contributed by atoms with van der Waals surface area (Å²) in [6.45, 7) is 2.70. The fourth-order valence-electron chi connectivity index (χ4n) is 6.59. The average molecular weight is 453 g/mol. The summed E-state index contributed by atoms with van der Waals surface area (Å²) in [6.07, 6.45) is 9.71. The molecule has 1 saturated carbocycles. The number of carboxylic acid groups (broad SMARTS) is 1. The summed E-state index contributed by atoms with van der Waals surface area (Å²) in [7, 11) is 0. The number of alkyl halides is 1. The summed E-state index contributed by atoms with van der Waals surface area (Å²) < 4.78 is 14.2.